The second-order valence-electron chi connectivity index (χ2n) is 4.38. The number of ether oxygens (including phenoxy) is 1. The van der Waals surface area contributed by atoms with Crippen LogP contribution in [0.4, 0.5) is 0 Å². The second-order valence-corrected chi connectivity index (χ2v) is 4.38. The molecule has 90 valence electrons. The predicted molar refractivity (Wildman–Crippen MR) is 64.8 cm³/mol. The molecule has 2 heterocycles. The van der Waals surface area contributed by atoms with Crippen LogP contribution in [0.1, 0.15) is 30.4 Å². The van der Waals surface area contributed by atoms with E-state index in [1.807, 2.05) is 13.0 Å². The van der Waals surface area contributed by atoms with E-state index in [1.165, 1.54) is 12.8 Å². The zero-order chi connectivity index (χ0) is 12.1. The van der Waals surface area contributed by atoms with Crippen LogP contribution in [0.2, 0.25) is 0 Å². The predicted octanol–water partition coefficient (Wildman–Crippen LogP) is 1.78. The van der Waals surface area contributed by atoms with Gasteiger partial charge >= 0.3 is 0 Å². The van der Waals surface area contributed by atoms with Crippen molar-refractivity contribution in [2.45, 2.75) is 32.2 Å². The lowest BCUT2D eigenvalue weighted by molar-refractivity contribution is 0.231. The number of hydrogen-bond donors (Lipinski definition) is 1. The monoisotopic (exact) mass is 231 g/mol. The summed E-state index contributed by atoms with van der Waals surface area (Å²) < 4.78 is 5.65. The van der Waals surface area contributed by atoms with Crippen LogP contribution < -0.4 is 10.1 Å². The van der Waals surface area contributed by atoms with E-state index in [9.17, 15) is 0 Å². The van der Waals surface area contributed by atoms with Crippen molar-refractivity contribution in [2.24, 2.45) is 0 Å². The molecule has 0 saturated carbocycles. The number of nitriles is 1. The van der Waals surface area contributed by atoms with Crippen molar-refractivity contribution in [3.63, 3.8) is 0 Å². The smallest absolute Gasteiger partial charge is 0.231 e. The molecule has 1 N–H and O–H groups in total. The van der Waals surface area contributed by atoms with Gasteiger partial charge in [0.2, 0.25) is 5.88 Å². The van der Waals surface area contributed by atoms with Crippen LogP contribution in [-0.4, -0.2) is 24.2 Å². The molecule has 1 aliphatic rings. The molecule has 2 rings (SSSR count). The van der Waals surface area contributed by atoms with Gasteiger partial charge in [0.25, 0.3) is 0 Å². The summed E-state index contributed by atoms with van der Waals surface area (Å²) >= 11 is 0. The summed E-state index contributed by atoms with van der Waals surface area (Å²) in [5.41, 5.74) is 1.46. The third-order valence-corrected chi connectivity index (χ3v) is 3.07. The van der Waals surface area contributed by atoms with Crippen molar-refractivity contribution in [1.82, 2.24) is 10.3 Å². The molecule has 1 fully saturated rings. The third kappa shape index (κ3) is 2.95. The molecule has 0 aromatic carbocycles. The molecule has 1 saturated heterocycles. The van der Waals surface area contributed by atoms with Crippen LogP contribution in [0.3, 0.4) is 0 Å². The lowest BCUT2D eigenvalue weighted by Crippen LogP contribution is -2.38. The zero-order valence-corrected chi connectivity index (χ0v) is 10.1. The fourth-order valence-electron chi connectivity index (χ4n) is 2.02. The van der Waals surface area contributed by atoms with Crippen LogP contribution in [-0.2, 0) is 0 Å². The van der Waals surface area contributed by atoms with E-state index in [2.05, 4.69) is 16.4 Å². The minimum atomic E-state index is 0.387. The fourth-order valence-corrected chi connectivity index (χ4v) is 2.02. The van der Waals surface area contributed by atoms with Crippen molar-refractivity contribution >= 4 is 0 Å². The highest BCUT2D eigenvalue weighted by Gasteiger charge is 2.15. The number of piperidine rings is 1. The maximum absolute atomic E-state index is 9.05. The Morgan fingerprint density at radius 3 is 3.18 bits per heavy atom. The van der Waals surface area contributed by atoms with Crippen LogP contribution >= 0.6 is 0 Å². The minimum Gasteiger partial charge on any atom is -0.475 e. The summed E-state index contributed by atoms with van der Waals surface area (Å²) in [4.78, 5) is 4.12. The summed E-state index contributed by atoms with van der Waals surface area (Å²) in [6.07, 6.45) is 5.30. The summed E-state index contributed by atoms with van der Waals surface area (Å²) in [5, 5.41) is 12.5. The first kappa shape index (κ1) is 11.9. The Hall–Kier alpha value is -1.60. The number of pyridine rings is 1. The molecule has 4 nitrogen and oxygen atoms in total. The Morgan fingerprint density at radius 1 is 1.59 bits per heavy atom. The van der Waals surface area contributed by atoms with Gasteiger partial charge in [-0.2, -0.15) is 5.26 Å². The third-order valence-electron chi connectivity index (χ3n) is 3.07. The maximum Gasteiger partial charge on any atom is 0.231 e. The molecule has 0 radical (unpaired) electrons. The van der Waals surface area contributed by atoms with Crippen molar-refractivity contribution in [1.29, 1.82) is 5.26 Å². The molecule has 0 amide bonds. The van der Waals surface area contributed by atoms with Gasteiger partial charge < -0.3 is 10.1 Å². The van der Waals surface area contributed by atoms with E-state index < -0.39 is 0 Å². The number of hydrogen-bond acceptors (Lipinski definition) is 4. The number of nitrogens with one attached hydrogen (secondary N) is 1. The number of aryl methyl sites for hydroxylation is 1. The Morgan fingerprint density at radius 2 is 2.47 bits per heavy atom. The molecule has 1 aromatic rings. The van der Waals surface area contributed by atoms with Gasteiger partial charge in [-0.05, 0) is 37.9 Å². The summed E-state index contributed by atoms with van der Waals surface area (Å²) in [5.74, 6) is 0.458. The average Bonchev–Trinajstić information content (AvgIpc) is 2.37. The van der Waals surface area contributed by atoms with E-state index in [0.29, 0.717) is 24.1 Å². The van der Waals surface area contributed by atoms with Crippen molar-refractivity contribution in [2.75, 3.05) is 13.2 Å². The molecule has 1 aromatic heterocycles. The second kappa shape index (κ2) is 5.65. The highest BCUT2D eigenvalue weighted by molar-refractivity contribution is 5.43. The van der Waals surface area contributed by atoms with Gasteiger partial charge in [0.05, 0.1) is 0 Å². The van der Waals surface area contributed by atoms with Gasteiger partial charge in [-0.3, -0.25) is 0 Å². The lowest BCUT2D eigenvalue weighted by Gasteiger charge is -2.23. The van der Waals surface area contributed by atoms with Crippen molar-refractivity contribution in [3.8, 4) is 11.9 Å². The Kier molecular flexibility index (Phi) is 3.94. The molecule has 1 atom stereocenters. The summed E-state index contributed by atoms with van der Waals surface area (Å²) in [6, 6.07) is 4.35. The van der Waals surface area contributed by atoms with Crippen LogP contribution in [0, 0.1) is 18.3 Å². The molecule has 1 aliphatic heterocycles. The highest BCUT2D eigenvalue weighted by Crippen LogP contribution is 2.18. The first-order valence-corrected chi connectivity index (χ1v) is 6.03. The number of aromatic nitrogens is 1. The standard InChI is InChI=1S/C13H17N3O/c1-10-5-7-16-13(12(10)8-14)17-9-11-4-2-3-6-15-11/h5,7,11,15H,2-4,6,9H2,1H3. The molecule has 0 aliphatic carbocycles. The Balaban J connectivity index is 1.99. The van der Waals surface area contributed by atoms with Gasteiger partial charge in [-0.15, -0.1) is 0 Å². The van der Waals surface area contributed by atoms with Crippen LogP contribution in [0.25, 0.3) is 0 Å². The topological polar surface area (TPSA) is 57.9 Å². The average molecular weight is 231 g/mol. The van der Waals surface area contributed by atoms with Gasteiger partial charge in [0.1, 0.15) is 18.2 Å². The van der Waals surface area contributed by atoms with E-state index in [4.69, 9.17) is 10.00 Å². The van der Waals surface area contributed by atoms with E-state index in [1.54, 1.807) is 6.20 Å². The summed E-state index contributed by atoms with van der Waals surface area (Å²) in [7, 11) is 0. The van der Waals surface area contributed by atoms with Gasteiger partial charge in [-0.25, -0.2) is 4.98 Å². The number of nitrogens with zero attached hydrogens (tertiary/aromatic N) is 2. The highest BCUT2D eigenvalue weighted by atomic mass is 16.5. The molecule has 0 bridgehead atoms. The molecular formula is C13H17N3O. The fraction of sp³-hybridized carbons (Fsp3) is 0.538. The largest absolute Gasteiger partial charge is 0.475 e. The zero-order valence-electron chi connectivity index (χ0n) is 10.1. The van der Waals surface area contributed by atoms with E-state index in [-0.39, 0.29) is 0 Å². The van der Waals surface area contributed by atoms with E-state index >= 15 is 0 Å². The minimum absolute atomic E-state index is 0.387. The lowest BCUT2D eigenvalue weighted by atomic mass is 10.1. The van der Waals surface area contributed by atoms with Gasteiger partial charge in [0, 0.05) is 12.2 Å². The molecule has 17 heavy (non-hydrogen) atoms. The maximum atomic E-state index is 9.05. The Labute approximate surface area is 102 Å². The van der Waals surface area contributed by atoms with Crippen molar-refractivity contribution < 1.29 is 4.74 Å². The molecule has 0 spiro atoms. The summed E-state index contributed by atoms with van der Waals surface area (Å²) in [6.45, 7) is 3.54. The normalized spacial score (nSPS) is 19.6. The number of rotatable bonds is 3. The first-order chi connectivity index (χ1) is 8.31. The van der Waals surface area contributed by atoms with Crippen molar-refractivity contribution in [3.05, 3.63) is 23.4 Å². The van der Waals surface area contributed by atoms with E-state index in [0.717, 1.165) is 18.5 Å². The SMILES string of the molecule is Cc1ccnc(OCC2CCCCN2)c1C#N. The first-order valence-electron chi connectivity index (χ1n) is 6.03. The molecule has 1 unspecified atom stereocenters. The Bertz CT molecular complexity index is 419. The van der Waals surface area contributed by atoms with Gasteiger partial charge in [0.15, 0.2) is 0 Å². The van der Waals surface area contributed by atoms with Gasteiger partial charge in [-0.1, -0.05) is 6.42 Å². The van der Waals surface area contributed by atoms with Crippen LogP contribution in [0.5, 0.6) is 5.88 Å². The molecule has 4 heteroatoms. The quantitative estimate of drug-likeness (QED) is 0.861. The molecular weight excluding hydrogens is 214 g/mol. The van der Waals surface area contributed by atoms with Crippen LogP contribution in [0.15, 0.2) is 12.3 Å².